The first kappa shape index (κ1) is 22.3. The summed E-state index contributed by atoms with van der Waals surface area (Å²) in [5.41, 5.74) is 16.7. The molecule has 32 heavy (non-hydrogen) atoms. The Morgan fingerprint density at radius 1 is 0.781 bits per heavy atom. The van der Waals surface area contributed by atoms with E-state index in [9.17, 15) is 9.59 Å². The molecule has 2 amide bonds. The van der Waals surface area contributed by atoms with E-state index in [0.717, 1.165) is 11.9 Å². The molecule has 0 aliphatic rings. The highest BCUT2D eigenvalue weighted by Gasteiger charge is 2.15. The Balaban J connectivity index is 1.76. The number of nitrogens with two attached hydrogens (primary N) is 3. The topological polar surface area (TPSA) is 200 Å². The monoisotopic (exact) mass is 450 g/mol. The molecular formula is C19H18N10O2S. The van der Waals surface area contributed by atoms with Crippen molar-refractivity contribution < 1.29 is 9.59 Å². The normalized spacial score (nSPS) is 11.7. The summed E-state index contributed by atoms with van der Waals surface area (Å²) < 4.78 is 0. The van der Waals surface area contributed by atoms with Gasteiger partial charge in [-0.3, -0.25) is 24.7 Å². The van der Waals surface area contributed by atoms with Crippen LogP contribution >= 0.6 is 11.9 Å². The molecule has 3 aromatic rings. The molecule has 0 saturated heterocycles. The van der Waals surface area contributed by atoms with Crippen LogP contribution in [-0.4, -0.2) is 38.4 Å². The molecule has 8 N–H and O–H groups in total. The van der Waals surface area contributed by atoms with Gasteiger partial charge in [0.05, 0.1) is 0 Å². The minimum Gasteiger partial charge on any atom is -0.380 e. The summed E-state index contributed by atoms with van der Waals surface area (Å²) in [6.45, 7) is 0. The summed E-state index contributed by atoms with van der Waals surface area (Å²) >= 11 is 0.833. The lowest BCUT2D eigenvalue weighted by atomic mass is 10.3. The molecule has 3 heterocycles. The van der Waals surface area contributed by atoms with Gasteiger partial charge in [-0.05, 0) is 48.3 Å². The number of amides is 2. The van der Waals surface area contributed by atoms with E-state index in [0.29, 0.717) is 16.3 Å². The maximum Gasteiger partial charge on any atom is 0.290 e. The molecule has 162 valence electrons. The van der Waals surface area contributed by atoms with E-state index in [1.807, 2.05) is 0 Å². The third-order valence-electron chi connectivity index (χ3n) is 3.81. The van der Waals surface area contributed by atoms with E-state index < -0.39 is 11.8 Å². The van der Waals surface area contributed by atoms with Gasteiger partial charge in [0.25, 0.3) is 11.8 Å². The number of aromatic nitrogens is 3. The van der Waals surface area contributed by atoms with Crippen LogP contribution in [0, 0.1) is 0 Å². The Labute approximate surface area is 186 Å². The summed E-state index contributed by atoms with van der Waals surface area (Å²) in [6, 6.07) is 13.0. The number of nitrogens with one attached hydrogen (secondary N) is 2. The molecule has 0 fully saturated rings. The van der Waals surface area contributed by atoms with Crippen LogP contribution in [0.4, 0.5) is 0 Å². The fraction of sp³-hybridized carbons (Fsp3) is 0. The number of carbonyl (C=O) groups excluding carboxylic acids is 2. The van der Waals surface area contributed by atoms with Gasteiger partial charge in [0.1, 0.15) is 22.8 Å². The molecular weight excluding hydrogens is 432 g/mol. The Kier molecular flexibility index (Phi) is 7.40. The Hall–Kier alpha value is -4.36. The highest BCUT2D eigenvalue weighted by atomic mass is 32.2. The first-order chi connectivity index (χ1) is 15.5. The van der Waals surface area contributed by atoms with E-state index in [1.165, 1.54) is 24.5 Å². The minimum atomic E-state index is -0.703. The number of hydrazone groups is 2. The van der Waals surface area contributed by atoms with Gasteiger partial charge in [0.15, 0.2) is 11.7 Å². The lowest BCUT2D eigenvalue weighted by Gasteiger charge is -2.07. The summed E-state index contributed by atoms with van der Waals surface area (Å²) in [7, 11) is 0. The van der Waals surface area contributed by atoms with E-state index >= 15 is 0 Å². The zero-order valence-corrected chi connectivity index (χ0v) is 17.3. The van der Waals surface area contributed by atoms with Gasteiger partial charge >= 0.3 is 0 Å². The number of pyridine rings is 3. The average Bonchev–Trinajstić information content (AvgIpc) is 2.86. The molecule has 0 bridgehead atoms. The van der Waals surface area contributed by atoms with Gasteiger partial charge in [-0.15, -0.1) is 0 Å². The van der Waals surface area contributed by atoms with Crippen molar-refractivity contribution in [1.29, 1.82) is 0 Å². The quantitative estimate of drug-likeness (QED) is 0.141. The maximum atomic E-state index is 12.5. The van der Waals surface area contributed by atoms with Crippen molar-refractivity contribution in [2.75, 3.05) is 0 Å². The van der Waals surface area contributed by atoms with Crippen LogP contribution in [0.3, 0.4) is 0 Å². The SMILES string of the molecule is NSc1cc(C(=O)NN=C(N)c2ccccn2)nc(C(=O)NN=C(N)c2ccccn2)c1. The van der Waals surface area contributed by atoms with Crippen molar-refractivity contribution >= 4 is 35.4 Å². The minimum absolute atomic E-state index is 0.000560. The van der Waals surface area contributed by atoms with E-state index in [4.69, 9.17) is 16.6 Å². The molecule has 0 spiro atoms. The number of rotatable bonds is 7. The number of hydrogen-bond donors (Lipinski definition) is 5. The van der Waals surface area contributed by atoms with Gasteiger partial charge in [0.2, 0.25) is 0 Å². The highest BCUT2D eigenvalue weighted by Crippen LogP contribution is 2.15. The molecule has 12 nitrogen and oxygen atoms in total. The molecule has 13 heteroatoms. The van der Waals surface area contributed by atoms with Crippen LogP contribution in [-0.2, 0) is 0 Å². The molecule has 3 rings (SSSR count). The predicted molar refractivity (Wildman–Crippen MR) is 119 cm³/mol. The first-order valence-corrected chi connectivity index (χ1v) is 9.84. The van der Waals surface area contributed by atoms with Crippen LogP contribution in [0.2, 0.25) is 0 Å². The molecule has 0 aliphatic heterocycles. The van der Waals surface area contributed by atoms with Crippen molar-refractivity contribution in [2.24, 2.45) is 26.8 Å². The highest BCUT2D eigenvalue weighted by molar-refractivity contribution is 7.97. The summed E-state index contributed by atoms with van der Waals surface area (Å²) in [5.74, 6) is -1.41. The van der Waals surface area contributed by atoms with Gasteiger partial charge in [-0.25, -0.2) is 15.8 Å². The first-order valence-electron chi connectivity index (χ1n) is 8.96. The Morgan fingerprint density at radius 2 is 1.25 bits per heavy atom. The molecule has 0 atom stereocenters. The third-order valence-corrected chi connectivity index (χ3v) is 4.32. The van der Waals surface area contributed by atoms with Crippen LogP contribution in [0.5, 0.6) is 0 Å². The van der Waals surface area contributed by atoms with Crippen molar-refractivity contribution in [2.45, 2.75) is 4.90 Å². The lowest BCUT2D eigenvalue weighted by molar-refractivity contribution is 0.0945. The molecule has 0 aliphatic carbocycles. The zero-order chi connectivity index (χ0) is 22.9. The van der Waals surface area contributed by atoms with Crippen LogP contribution < -0.4 is 27.5 Å². The molecule has 0 radical (unpaired) electrons. The largest absolute Gasteiger partial charge is 0.380 e. The summed E-state index contributed by atoms with van der Waals surface area (Å²) in [5, 5.41) is 13.2. The second-order valence-corrected chi connectivity index (χ2v) is 6.70. The zero-order valence-electron chi connectivity index (χ0n) is 16.5. The fourth-order valence-corrected chi connectivity index (χ4v) is 2.65. The van der Waals surface area contributed by atoms with E-state index in [1.54, 1.807) is 36.4 Å². The van der Waals surface area contributed by atoms with Crippen LogP contribution in [0.15, 0.2) is 76.0 Å². The smallest absolute Gasteiger partial charge is 0.290 e. The van der Waals surface area contributed by atoms with E-state index in [-0.39, 0.29) is 23.1 Å². The number of amidine groups is 2. The average molecular weight is 450 g/mol. The Bertz CT molecular complexity index is 1080. The van der Waals surface area contributed by atoms with Gasteiger partial charge in [0, 0.05) is 17.3 Å². The summed E-state index contributed by atoms with van der Waals surface area (Å²) in [6.07, 6.45) is 3.08. The van der Waals surface area contributed by atoms with Crippen LogP contribution in [0.1, 0.15) is 32.4 Å². The lowest BCUT2D eigenvalue weighted by Crippen LogP contribution is -2.27. The van der Waals surface area contributed by atoms with Crippen molar-refractivity contribution in [3.8, 4) is 0 Å². The van der Waals surface area contributed by atoms with Crippen molar-refractivity contribution in [1.82, 2.24) is 25.8 Å². The van der Waals surface area contributed by atoms with Gasteiger partial charge in [-0.1, -0.05) is 12.1 Å². The molecule has 3 aromatic heterocycles. The van der Waals surface area contributed by atoms with Gasteiger partial charge in [-0.2, -0.15) is 10.2 Å². The molecule has 0 aromatic carbocycles. The third kappa shape index (κ3) is 5.84. The molecule has 0 saturated carbocycles. The second kappa shape index (κ2) is 10.6. The number of carbonyl (C=O) groups is 2. The number of nitrogens with zero attached hydrogens (tertiary/aromatic N) is 5. The number of hydrogen-bond acceptors (Lipinski definition) is 9. The van der Waals surface area contributed by atoms with Crippen LogP contribution in [0.25, 0.3) is 0 Å². The summed E-state index contributed by atoms with van der Waals surface area (Å²) in [4.78, 5) is 37.5. The standard InChI is InChI=1S/C19H18N10O2S/c20-16(12-5-1-3-7-23-12)26-28-18(30)14-9-11(32-22)10-15(25-14)19(31)29-27-17(21)13-6-2-4-8-24-13/h1-10H,22H2,(H2,20,26)(H2,21,27)(H,28,30)(H,29,31). The predicted octanol–water partition coefficient (Wildman–Crippen LogP) is -0.0620. The van der Waals surface area contributed by atoms with Crippen molar-refractivity contribution in [3.05, 3.63) is 83.7 Å². The fourth-order valence-electron chi connectivity index (χ4n) is 2.29. The Morgan fingerprint density at radius 3 is 1.62 bits per heavy atom. The molecule has 0 unspecified atom stereocenters. The van der Waals surface area contributed by atoms with Crippen molar-refractivity contribution in [3.63, 3.8) is 0 Å². The maximum absolute atomic E-state index is 12.5. The second-order valence-electron chi connectivity index (χ2n) is 6.00. The van der Waals surface area contributed by atoms with E-state index in [2.05, 4.69) is 36.0 Å². The van der Waals surface area contributed by atoms with Gasteiger partial charge < -0.3 is 11.5 Å².